The first-order chi connectivity index (χ1) is 46.8. The molecule has 0 radical (unpaired) electrons. The fourth-order valence-electron chi connectivity index (χ4n) is 11.4. The van der Waals surface area contributed by atoms with Crippen LogP contribution >= 0.6 is 0 Å². The normalized spacial score (nSPS) is 23.0. The van der Waals surface area contributed by atoms with Gasteiger partial charge in [0, 0.05) is 19.9 Å². The van der Waals surface area contributed by atoms with Gasteiger partial charge >= 0.3 is 5.97 Å². The highest BCUT2D eigenvalue weighted by Crippen LogP contribution is 2.23. The predicted octanol–water partition coefficient (Wildman–Crippen LogP) is 0.0300. The summed E-state index contributed by atoms with van der Waals surface area (Å²) >= 11 is 0. The number of nitrogens with zero attached hydrogens (tertiary/aromatic N) is 1. The van der Waals surface area contributed by atoms with E-state index in [0.29, 0.717) is 18.4 Å². The van der Waals surface area contributed by atoms with Crippen LogP contribution in [0.25, 0.3) is 0 Å². The van der Waals surface area contributed by atoms with Gasteiger partial charge in [-0.2, -0.15) is 0 Å². The number of aliphatic hydroxyl groups is 1. The maximum absolute atomic E-state index is 15.0. The first-order valence-corrected chi connectivity index (χ1v) is 35.1. The molecule has 3 rings (SSSR count). The summed E-state index contributed by atoms with van der Waals surface area (Å²) in [4.78, 5) is 200. The minimum atomic E-state index is -1.83. The number of carbonyl (C=O) groups is 14. The zero-order valence-corrected chi connectivity index (χ0v) is 61.5. The smallest absolute Gasteiger partial charge is 0.329 e. The molecule has 2 fully saturated rings. The molecule has 2 aliphatic rings. The number of benzene rings is 1. The Morgan fingerprint density at radius 3 is 1.68 bits per heavy atom. The number of rotatable bonds is 29. The summed E-state index contributed by atoms with van der Waals surface area (Å²) < 4.78 is 5.95. The Morgan fingerprint density at radius 2 is 1.16 bits per heavy atom. The van der Waals surface area contributed by atoms with Crippen molar-refractivity contribution in [1.29, 1.82) is 0 Å². The van der Waals surface area contributed by atoms with Gasteiger partial charge in [-0.3, -0.25) is 62.3 Å². The van der Waals surface area contributed by atoms with Crippen LogP contribution in [0.1, 0.15) is 169 Å². The number of hydrogen-bond donors (Lipinski definition) is 14. The highest BCUT2D eigenvalue weighted by atomic mass is 16.5. The van der Waals surface area contributed by atoms with Crippen LogP contribution in [-0.2, 0) is 78.3 Å². The van der Waals surface area contributed by atoms with Crippen molar-refractivity contribution >= 4 is 82.8 Å². The maximum Gasteiger partial charge on any atom is 0.329 e. The van der Waals surface area contributed by atoms with Gasteiger partial charge in [-0.25, -0.2) is 4.79 Å². The Hall–Kier alpha value is -8.54. The molecule has 0 unspecified atom stereocenters. The van der Waals surface area contributed by atoms with Crippen LogP contribution in [0.4, 0.5) is 0 Å². The summed E-state index contributed by atoms with van der Waals surface area (Å²) in [5.41, 5.74) is 6.32. The van der Waals surface area contributed by atoms with Gasteiger partial charge in [0.25, 0.3) is 5.91 Å². The van der Waals surface area contributed by atoms with Crippen LogP contribution in [0.15, 0.2) is 42.1 Å². The molecular formula is C70H114N14O16. The Balaban J connectivity index is 2.03. The van der Waals surface area contributed by atoms with Gasteiger partial charge in [-0.15, -0.1) is 0 Å². The Kier molecular flexibility index (Phi) is 34.8. The number of likely N-dealkylation sites (tertiary alicyclic amines) is 1. The number of aliphatic hydroxyl groups excluding tert-OH is 1. The van der Waals surface area contributed by atoms with Crippen molar-refractivity contribution in [3.8, 4) is 0 Å². The second-order valence-corrected chi connectivity index (χ2v) is 28.0. The van der Waals surface area contributed by atoms with E-state index in [0.717, 1.165) is 0 Å². The monoisotopic (exact) mass is 1410 g/mol. The SMILES string of the molecule is C/C=C1\NC(=O)[C@H](Cc2ccccc2)NC(=O)[C@@H](C(C)C)NC(=O)[C@@H]([C@@H](C)CC)NC(=O)[C@H](NC(=O)[C@H](NC(=O)[C@H](CCCN)NC(=O)[C@H]2CCCN2C(=O)[C@H](NC(=O)[C@@H](NC(=O)[C@@H](NC(=O)[C@H](NC(C)=O)C(C)C)[C@@H](C)O)C(C)C)C(C)C)[C@@H](C)CC)[C@@H](C)OC(=O)[C@H](C(C)C)NC1=O. The molecule has 2 saturated heterocycles. The van der Waals surface area contributed by atoms with E-state index in [2.05, 4.69) is 63.8 Å². The summed E-state index contributed by atoms with van der Waals surface area (Å²) in [6.07, 6.45) is -0.578. The van der Waals surface area contributed by atoms with E-state index in [9.17, 15) is 67.4 Å². The van der Waals surface area contributed by atoms with Crippen molar-refractivity contribution in [1.82, 2.24) is 68.7 Å². The van der Waals surface area contributed by atoms with E-state index in [1.807, 2.05) is 0 Å². The van der Waals surface area contributed by atoms with E-state index in [1.165, 1.54) is 38.7 Å². The molecule has 0 bridgehead atoms. The van der Waals surface area contributed by atoms with Gasteiger partial charge in [-0.1, -0.05) is 146 Å². The number of cyclic esters (lactones) is 1. The molecule has 0 aliphatic carbocycles. The highest BCUT2D eigenvalue weighted by Gasteiger charge is 2.44. The molecular weight excluding hydrogens is 1290 g/mol. The van der Waals surface area contributed by atoms with Gasteiger partial charge in [0.15, 0.2) is 0 Å². The second-order valence-electron chi connectivity index (χ2n) is 28.0. The first-order valence-electron chi connectivity index (χ1n) is 35.1. The third-order valence-corrected chi connectivity index (χ3v) is 18.1. The quantitative estimate of drug-likeness (QED) is 0.0372. The molecule has 2 aliphatic heterocycles. The molecule has 2 heterocycles. The van der Waals surface area contributed by atoms with Gasteiger partial charge < -0.3 is 84.3 Å². The third kappa shape index (κ3) is 25.0. The van der Waals surface area contributed by atoms with Crippen LogP contribution in [0, 0.1) is 41.4 Å². The van der Waals surface area contributed by atoms with Crippen LogP contribution < -0.4 is 69.5 Å². The van der Waals surface area contributed by atoms with E-state index >= 15 is 4.79 Å². The van der Waals surface area contributed by atoms with Crippen LogP contribution in [0.5, 0.6) is 0 Å². The second kappa shape index (κ2) is 40.6. The minimum absolute atomic E-state index is 0.0353. The summed E-state index contributed by atoms with van der Waals surface area (Å²) in [5.74, 6) is -15.7. The maximum atomic E-state index is 15.0. The lowest BCUT2D eigenvalue weighted by molar-refractivity contribution is -0.157. The van der Waals surface area contributed by atoms with Crippen molar-refractivity contribution in [2.75, 3.05) is 13.1 Å². The number of ether oxygens (including phenoxy) is 1. The zero-order chi connectivity index (χ0) is 75.7. The molecule has 15 N–H and O–H groups in total. The molecule has 0 aromatic heterocycles. The summed E-state index contributed by atoms with van der Waals surface area (Å²) in [5, 5.41) is 42.6. The number of carbonyl (C=O) groups excluding carboxylic acids is 14. The lowest BCUT2D eigenvalue weighted by atomic mass is 9.95. The topological polar surface area (TPSA) is 442 Å². The largest absolute Gasteiger partial charge is 0.458 e. The number of allylic oxidation sites excluding steroid dienone is 1. The van der Waals surface area contributed by atoms with Crippen LogP contribution in [-0.4, -0.2) is 191 Å². The minimum Gasteiger partial charge on any atom is -0.458 e. The molecule has 13 amide bonds. The average Bonchev–Trinajstić information content (AvgIpc) is 1.34. The summed E-state index contributed by atoms with van der Waals surface area (Å²) in [6.45, 7) is 28.7. The molecule has 0 spiro atoms. The van der Waals surface area contributed by atoms with E-state index in [-0.39, 0.29) is 50.9 Å². The molecule has 0 saturated carbocycles. The number of nitrogens with one attached hydrogen (secondary N) is 12. The molecule has 30 nitrogen and oxygen atoms in total. The average molecular weight is 1410 g/mol. The van der Waals surface area contributed by atoms with Crippen LogP contribution in [0.2, 0.25) is 0 Å². The Labute approximate surface area is 588 Å². The molecule has 30 heteroatoms. The van der Waals surface area contributed by atoms with E-state index in [4.69, 9.17) is 10.5 Å². The number of esters is 1. The lowest BCUT2D eigenvalue weighted by Gasteiger charge is -2.33. The fraction of sp³-hybridized carbons (Fsp3) is 0.686. The molecule has 560 valence electrons. The molecule has 100 heavy (non-hydrogen) atoms. The van der Waals surface area contributed by atoms with Crippen molar-refractivity contribution < 1.29 is 77.0 Å². The zero-order valence-electron chi connectivity index (χ0n) is 61.5. The molecule has 1 aromatic carbocycles. The number of amides is 13. The molecule has 16 atom stereocenters. The van der Waals surface area contributed by atoms with Crippen molar-refractivity contribution in [2.45, 2.75) is 254 Å². The van der Waals surface area contributed by atoms with Crippen LogP contribution in [0.3, 0.4) is 0 Å². The van der Waals surface area contributed by atoms with Gasteiger partial charge in [0.2, 0.25) is 70.9 Å². The van der Waals surface area contributed by atoms with Gasteiger partial charge in [0.1, 0.15) is 84.3 Å². The van der Waals surface area contributed by atoms with Crippen molar-refractivity contribution in [2.24, 2.45) is 47.2 Å². The summed E-state index contributed by atoms with van der Waals surface area (Å²) in [7, 11) is 0. The number of hydrogen-bond acceptors (Lipinski definition) is 17. The van der Waals surface area contributed by atoms with Gasteiger partial charge in [0.05, 0.1) is 6.10 Å². The molecule has 1 aromatic rings. The van der Waals surface area contributed by atoms with Crippen molar-refractivity contribution in [3.63, 3.8) is 0 Å². The standard InChI is InChI=1S/C70H114N14O16/c1-19-39(14)54(80-59(88)46(29-25-31-71)74-61(90)48-30-26-32-84(48)69(98)52(37(10)11)78-64(93)51(36(8)9)77-67(96)56(41(16)85)82-63(92)49(34(4)5)72-43(18)86)66(95)83-57-42(17)100-70(99)53(38(12)13)79-58(87)45(21-3)73-60(89)47(33-44-27-23-22-24-28-44)75-62(91)50(35(6)7)76-65(94)55(40(15)20-2)81-68(57)97/h21-24,27-28,34-42,46-57,85H,19-20,25-26,29-33,71H2,1-18H3,(H,72,86)(H,73,89)(H,74,90)(H,75,91)(H,76,94)(H,77,96)(H,78,93)(H,79,87)(H,80,88)(H,81,97)(H,82,92)(H,83,95)/b45-21-/t39-,40-,41+,42+,46-,47-,48+,49+,50+,51-,52+,53-,54+,55+,56-,57+/m0/s1. The van der Waals surface area contributed by atoms with E-state index in [1.54, 1.807) is 127 Å². The fourth-order valence-corrected chi connectivity index (χ4v) is 11.4. The Bertz CT molecular complexity index is 3050. The first kappa shape index (κ1) is 85.7. The predicted molar refractivity (Wildman–Crippen MR) is 372 cm³/mol. The highest BCUT2D eigenvalue weighted by molar-refractivity contribution is 6.03. The summed E-state index contributed by atoms with van der Waals surface area (Å²) in [6, 6.07) is -7.65. The van der Waals surface area contributed by atoms with E-state index < -0.39 is 209 Å². The van der Waals surface area contributed by atoms with Gasteiger partial charge in [-0.05, 0) is 100.0 Å². The lowest BCUT2D eigenvalue weighted by Crippen LogP contribution is -2.64. The van der Waals surface area contributed by atoms with Crippen molar-refractivity contribution in [3.05, 3.63) is 47.7 Å². The Morgan fingerprint density at radius 1 is 0.630 bits per heavy atom. The third-order valence-electron chi connectivity index (χ3n) is 18.1. The number of nitrogens with two attached hydrogens (primary N) is 1.